The summed E-state index contributed by atoms with van der Waals surface area (Å²) >= 11 is 7.39. The van der Waals surface area contributed by atoms with E-state index in [-0.39, 0.29) is 18.1 Å². The van der Waals surface area contributed by atoms with E-state index in [2.05, 4.69) is 45.2 Å². The van der Waals surface area contributed by atoms with E-state index >= 15 is 0 Å². The van der Waals surface area contributed by atoms with Crippen molar-refractivity contribution in [3.05, 3.63) is 151 Å². The molecule has 0 amide bonds. The summed E-state index contributed by atoms with van der Waals surface area (Å²) in [5, 5.41) is 0. The summed E-state index contributed by atoms with van der Waals surface area (Å²) in [4.78, 5) is 46.6. The smallest absolute Gasteiger partial charge is 0.338 e. The van der Waals surface area contributed by atoms with Crippen LogP contribution in [0.15, 0.2) is 111 Å². The van der Waals surface area contributed by atoms with Crippen molar-refractivity contribution in [3.63, 3.8) is 0 Å². The number of ether oxygens (including phenoxy) is 3. The van der Waals surface area contributed by atoms with Crippen LogP contribution in [0.1, 0.15) is 52.5 Å². The van der Waals surface area contributed by atoms with Crippen molar-refractivity contribution in [2.24, 2.45) is 4.99 Å². The van der Waals surface area contributed by atoms with Crippen molar-refractivity contribution >= 4 is 92.0 Å². The van der Waals surface area contributed by atoms with Gasteiger partial charge < -0.3 is 14.2 Å². The molecule has 4 aromatic carbocycles. The Morgan fingerprint density at radius 3 is 2.18 bits per heavy atom. The minimum Gasteiger partial charge on any atom is -0.487 e. The highest BCUT2D eigenvalue weighted by molar-refractivity contribution is 14.1. The molecule has 0 radical (unpaired) electrons. The molecular formula is C39H32I2N2O6S2. The first kappa shape index (κ1) is 37.0. The normalized spacial score (nSPS) is 14.1. The van der Waals surface area contributed by atoms with Crippen molar-refractivity contribution in [2.45, 2.75) is 31.4 Å². The molecule has 51 heavy (non-hydrogen) atoms. The fourth-order valence-corrected chi connectivity index (χ4v) is 9.14. The maximum Gasteiger partial charge on any atom is 0.338 e. The van der Waals surface area contributed by atoms with Crippen LogP contribution in [0.5, 0.6) is 5.75 Å². The highest BCUT2D eigenvalue weighted by Gasteiger charge is 2.35. The summed E-state index contributed by atoms with van der Waals surface area (Å²) in [6.07, 6.45) is 3.86. The van der Waals surface area contributed by atoms with Gasteiger partial charge in [-0.1, -0.05) is 65.9 Å². The van der Waals surface area contributed by atoms with Gasteiger partial charge in [-0.15, -0.1) is 11.8 Å². The highest BCUT2D eigenvalue weighted by Crippen LogP contribution is 2.36. The number of hydrogen-bond donors (Lipinski definition) is 0. The SMILES string of the molecule is CCOC(=O)C1=C(c2ccccc2)N=c2s/c(=C\c3cc(I)c(OCc4ccc(C(=O)OCC)cc4)c(I)c3)c(=O)n2[C@@H]1c1ccc(SC)cc1. The third-order valence-corrected chi connectivity index (χ3v) is 11.3. The number of esters is 2. The van der Waals surface area contributed by atoms with Crippen LogP contribution in [0.2, 0.25) is 0 Å². The number of benzene rings is 4. The van der Waals surface area contributed by atoms with Crippen LogP contribution in [-0.4, -0.2) is 36.0 Å². The first-order chi connectivity index (χ1) is 24.7. The Kier molecular flexibility index (Phi) is 12.2. The van der Waals surface area contributed by atoms with Gasteiger partial charge in [0.2, 0.25) is 0 Å². The standard InChI is InChI=1S/C39H32I2N2O6S2/c1-4-47-37(45)27-13-11-23(12-14-27)22-49-35-29(40)19-24(20-30(35)41)21-31-36(44)43-34(26-15-17-28(50-3)18-16-26)32(38(46)48-5-2)33(42-39(43)51-31)25-9-7-6-8-10-25/h6-21,34H,4-5,22H2,1-3H3/b31-21-/t34-/m1/s1. The molecule has 0 aliphatic carbocycles. The monoisotopic (exact) mass is 942 g/mol. The van der Waals surface area contributed by atoms with E-state index in [9.17, 15) is 14.4 Å². The van der Waals surface area contributed by atoms with Gasteiger partial charge in [0, 0.05) is 10.5 Å². The van der Waals surface area contributed by atoms with E-state index in [1.807, 2.05) is 91.2 Å². The molecule has 1 aliphatic rings. The van der Waals surface area contributed by atoms with Crippen molar-refractivity contribution in [2.75, 3.05) is 19.5 Å². The molecule has 0 saturated carbocycles. The second-order valence-corrected chi connectivity index (χ2v) is 15.4. The zero-order valence-corrected chi connectivity index (χ0v) is 33.8. The van der Waals surface area contributed by atoms with Gasteiger partial charge >= 0.3 is 11.9 Å². The number of carbonyl (C=O) groups excluding carboxylic acids is 2. The quantitative estimate of drug-likeness (QED) is 0.0765. The van der Waals surface area contributed by atoms with Crippen molar-refractivity contribution in [3.8, 4) is 5.75 Å². The maximum absolute atomic E-state index is 14.3. The van der Waals surface area contributed by atoms with Gasteiger partial charge in [0.15, 0.2) is 4.80 Å². The molecular weight excluding hydrogens is 910 g/mol. The number of hydrogen-bond acceptors (Lipinski definition) is 9. The second-order valence-electron chi connectivity index (χ2n) is 11.2. The molecule has 1 aromatic heterocycles. The van der Waals surface area contributed by atoms with E-state index < -0.39 is 12.0 Å². The van der Waals surface area contributed by atoms with Crippen LogP contribution in [0, 0.1) is 7.14 Å². The zero-order chi connectivity index (χ0) is 36.1. The Hall–Kier alpha value is -3.73. The van der Waals surface area contributed by atoms with Crippen LogP contribution < -0.4 is 19.6 Å². The second kappa shape index (κ2) is 16.7. The third-order valence-electron chi connectivity index (χ3n) is 7.97. The molecule has 0 bridgehead atoms. The number of aromatic nitrogens is 1. The largest absolute Gasteiger partial charge is 0.487 e. The first-order valence-electron chi connectivity index (χ1n) is 16.0. The number of carbonyl (C=O) groups is 2. The van der Waals surface area contributed by atoms with Crippen LogP contribution >= 0.6 is 68.3 Å². The molecule has 5 aromatic rings. The van der Waals surface area contributed by atoms with Gasteiger partial charge in [0.25, 0.3) is 5.56 Å². The van der Waals surface area contributed by atoms with Gasteiger partial charge in [-0.3, -0.25) is 9.36 Å². The predicted molar refractivity (Wildman–Crippen MR) is 218 cm³/mol. The Balaban J connectivity index is 1.39. The third kappa shape index (κ3) is 8.18. The van der Waals surface area contributed by atoms with Crippen molar-refractivity contribution in [1.29, 1.82) is 0 Å². The van der Waals surface area contributed by atoms with Crippen molar-refractivity contribution in [1.82, 2.24) is 4.57 Å². The Bertz CT molecular complexity index is 2280. The predicted octanol–water partition coefficient (Wildman–Crippen LogP) is 7.62. The van der Waals surface area contributed by atoms with Crippen molar-refractivity contribution < 1.29 is 23.8 Å². The summed E-state index contributed by atoms with van der Waals surface area (Å²) < 4.78 is 20.7. The number of nitrogens with zero attached hydrogens (tertiary/aromatic N) is 2. The van der Waals surface area contributed by atoms with E-state index in [4.69, 9.17) is 19.2 Å². The molecule has 6 rings (SSSR count). The van der Waals surface area contributed by atoms with Crippen LogP contribution in [-0.2, 0) is 20.9 Å². The molecule has 1 aliphatic heterocycles. The fourth-order valence-electron chi connectivity index (χ4n) is 5.60. The molecule has 0 fully saturated rings. The van der Waals surface area contributed by atoms with Gasteiger partial charge in [0.1, 0.15) is 12.4 Å². The number of halogens is 2. The molecule has 0 spiro atoms. The van der Waals surface area contributed by atoms with Gasteiger partial charge in [-0.05, 0) is 124 Å². The number of thioether (sulfide) groups is 1. The topological polar surface area (TPSA) is 96.2 Å². The van der Waals surface area contributed by atoms with E-state index in [1.165, 1.54) is 11.3 Å². The lowest BCUT2D eigenvalue weighted by molar-refractivity contribution is -0.138. The van der Waals surface area contributed by atoms with Gasteiger partial charge in [-0.2, -0.15) is 0 Å². The summed E-state index contributed by atoms with van der Waals surface area (Å²) in [7, 11) is 0. The molecule has 0 saturated heterocycles. The Labute approximate surface area is 330 Å². The Morgan fingerprint density at radius 2 is 1.55 bits per heavy atom. The fraction of sp³-hybridized carbons (Fsp3) is 0.179. The minimum absolute atomic E-state index is 0.186. The zero-order valence-electron chi connectivity index (χ0n) is 27.9. The average molecular weight is 943 g/mol. The maximum atomic E-state index is 14.3. The average Bonchev–Trinajstić information content (AvgIpc) is 3.45. The van der Waals surface area contributed by atoms with E-state index in [1.54, 1.807) is 42.3 Å². The molecule has 8 nitrogen and oxygen atoms in total. The lowest BCUT2D eigenvalue weighted by atomic mass is 9.93. The van der Waals surface area contributed by atoms with Crippen LogP contribution in [0.25, 0.3) is 11.8 Å². The molecule has 12 heteroatoms. The highest BCUT2D eigenvalue weighted by atomic mass is 127. The lowest BCUT2D eigenvalue weighted by Crippen LogP contribution is -2.40. The lowest BCUT2D eigenvalue weighted by Gasteiger charge is -2.26. The molecule has 260 valence electrons. The first-order valence-corrected chi connectivity index (χ1v) is 20.2. The number of fused-ring (bicyclic) bond motifs is 1. The van der Waals surface area contributed by atoms with Crippen LogP contribution in [0.4, 0.5) is 0 Å². The summed E-state index contributed by atoms with van der Waals surface area (Å²) in [5.41, 5.74) is 4.34. The van der Waals surface area contributed by atoms with E-state index in [0.29, 0.717) is 39.4 Å². The molecule has 0 N–H and O–H groups in total. The minimum atomic E-state index is -0.740. The van der Waals surface area contributed by atoms with E-state index in [0.717, 1.165) is 40.0 Å². The summed E-state index contributed by atoms with van der Waals surface area (Å²) in [6, 6.07) is 27.8. The summed E-state index contributed by atoms with van der Waals surface area (Å²) in [6.45, 7) is 4.37. The number of thiazole rings is 1. The van der Waals surface area contributed by atoms with Crippen LogP contribution in [0.3, 0.4) is 0 Å². The number of rotatable bonds is 11. The molecule has 2 heterocycles. The van der Waals surface area contributed by atoms with Gasteiger partial charge in [0.05, 0.1) is 47.8 Å². The Morgan fingerprint density at radius 1 is 0.902 bits per heavy atom. The van der Waals surface area contributed by atoms with Gasteiger partial charge in [-0.25, -0.2) is 14.6 Å². The summed E-state index contributed by atoms with van der Waals surface area (Å²) in [5.74, 6) is -0.138. The molecule has 0 unspecified atom stereocenters. The molecule has 1 atom stereocenters.